The van der Waals surface area contributed by atoms with Gasteiger partial charge >= 0.3 is 0 Å². The molecule has 0 radical (unpaired) electrons. The van der Waals surface area contributed by atoms with E-state index in [1.54, 1.807) is 53.7 Å². The lowest BCUT2D eigenvalue weighted by Gasteiger charge is -2.24. The van der Waals surface area contributed by atoms with Crippen molar-refractivity contribution in [3.8, 4) is 5.75 Å². The minimum absolute atomic E-state index is 0.128. The molecular weight excluding hydrogens is 266 g/mol. The molecule has 1 unspecified atom stereocenters. The number of rotatable bonds is 5. The molecule has 2 rings (SSSR count). The Kier molecular flexibility index (Phi) is 4.90. The number of pyridine rings is 1. The molecular formula is C16H19N3O2. The summed E-state index contributed by atoms with van der Waals surface area (Å²) in [6.45, 7) is 2.46. The predicted octanol–water partition coefficient (Wildman–Crippen LogP) is 1.71. The van der Waals surface area contributed by atoms with Crippen molar-refractivity contribution in [2.75, 3.05) is 11.4 Å². The van der Waals surface area contributed by atoms with E-state index < -0.39 is 6.04 Å². The zero-order valence-corrected chi connectivity index (χ0v) is 11.9. The smallest absolute Gasteiger partial charge is 0.244 e. The van der Waals surface area contributed by atoms with Crippen LogP contribution in [0.5, 0.6) is 5.75 Å². The Morgan fingerprint density at radius 2 is 1.86 bits per heavy atom. The van der Waals surface area contributed by atoms with Gasteiger partial charge in [0.25, 0.3) is 0 Å². The Hall–Kier alpha value is -2.40. The van der Waals surface area contributed by atoms with Gasteiger partial charge in [-0.25, -0.2) is 0 Å². The molecule has 1 aromatic heterocycles. The predicted molar refractivity (Wildman–Crippen MR) is 82.1 cm³/mol. The van der Waals surface area contributed by atoms with E-state index in [2.05, 4.69) is 4.98 Å². The first-order chi connectivity index (χ1) is 10.1. The number of benzene rings is 1. The van der Waals surface area contributed by atoms with Crippen LogP contribution in [0, 0.1) is 0 Å². The number of anilines is 1. The van der Waals surface area contributed by atoms with Crippen LogP contribution in [0.1, 0.15) is 12.5 Å². The number of aromatic hydroxyl groups is 1. The second kappa shape index (κ2) is 6.85. The topological polar surface area (TPSA) is 79.5 Å². The maximum atomic E-state index is 12.5. The largest absolute Gasteiger partial charge is 0.508 e. The number of nitrogens with two attached hydrogens (primary N) is 1. The molecule has 5 nitrogen and oxygen atoms in total. The average molecular weight is 285 g/mol. The Labute approximate surface area is 124 Å². The van der Waals surface area contributed by atoms with Gasteiger partial charge in [-0.15, -0.1) is 0 Å². The maximum Gasteiger partial charge on any atom is 0.244 e. The lowest BCUT2D eigenvalue weighted by molar-refractivity contribution is -0.119. The third-order valence-corrected chi connectivity index (χ3v) is 3.27. The van der Waals surface area contributed by atoms with Crippen LogP contribution in [0.25, 0.3) is 0 Å². The number of carbonyl (C=O) groups is 1. The van der Waals surface area contributed by atoms with Crippen LogP contribution < -0.4 is 10.6 Å². The van der Waals surface area contributed by atoms with Crippen LogP contribution in [0.15, 0.2) is 48.8 Å². The standard InChI is InChI=1S/C16H19N3O2/c1-2-19(13-7-9-18-10-8-13)16(21)15(17)11-12-3-5-14(20)6-4-12/h3-10,15,20H,2,11,17H2,1H3. The van der Waals surface area contributed by atoms with E-state index in [9.17, 15) is 9.90 Å². The fourth-order valence-corrected chi connectivity index (χ4v) is 2.16. The molecule has 2 aromatic rings. The van der Waals surface area contributed by atoms with Crippen LogP contribution >= 0.6 is 0 Å². The van der Waals surface area contributed by atoms with Crippen LogP contribution in [0.3, 0.4) is 0 Å². The zero-order valence-electron chi connectivity index (χ0n) is 11.9. The van der Waals surface area contributed by atoms with Gasteiger partial charge in [0.15, 0.2) is 0 Å². The molecule has 1 heterocycles. The quantitative estimate of drug-likeness (QED) is 0.876. The molecule has 5 heteroatoms. The molecule has 0 aliphatic heterocycles. The zero-order chi connectivity index (χ0) is 15.2. The van der Waals surface area contributed by atoms with Crippen LogP contribution in [0.4, 0.5) is 5.69 Å². The second-order valence-electron chi connectivity index (χ2n) is 4.76. The molecule has 0 spiro atoms. The van der Waals surface area contributed by atoms with Crippen LogP contribution in [0.2, 0.25) is 0 Å². The highest BCUT2D eigenvalue weighted by atomic mass is 16.3. The van der Waals surface area contributed by atoms with Gasteiger partial charge in [0, 0.05) is 24.6 Å². The minimum Gasteiger partial charge on any atom is -0.508 e. The van der Waals surface area contributed by atoms with Crippen LogP contribution in [-0.2, 0) is 11.2 Å². The molecule has 110 valence electrons. The SMILES string of the molecule is CCN(C(=O)C(N)Cc1ccc(O)cc1)c1ccncc1. The fraction of sp³-hybridized carbons (Fsp3) is 0.250. The number of amides is 1. The number of phenolic OH excluding ortho intramolecular Hbond substituents is 1. The van der Waals surface area contributed by atoms with Gasteiger partial charge in [0.05, 0.1) is 6.04 Å². The van der Waals surface area contributed by atoms with Crippen molar-refractivity contribution >= 4 is 11.6 Å². The van der Waals surface area contributed by atoms with Crippen molar-refractivity contribution in [2.24, 2.45) is 5.73 Å². The molecule has 3 N–H and O–H groups in total. The van der Waals surface area contributed by atoms with Gasteiger partial charge in [-0.2, -0.15) is 0 Å². The maximum absolute atomic E-state index is 12.5. The molecule has 0 bridgehead atoms. The second-order valence-corrected chi connectivity index (χ2v) is 4.76. The normalized spacial score (nSPS) is 11.9. The fourth-order valence-electron chi connectivity index (χ4n) is 2.16. The molecule has 0 fully saturated rings. The van der Waals surface area contributed by atoms with Gasteiger partial charge in [0.2, 0.25) is 5.91 Å². The van der Waals surface area contributed by atoms with E-state index >= 15 is 0 Å². The Balaban J connectivity index is 2.08. The molecule has 1 aromatic carbocycles. The number of hydrogen-bond donors (Lipinski definition) is 2. The van der Waals surface area contributed by atoms with Gasteiger partial charge in [-0.05, 0) is 43.2 Å². The molecule has 1 atom stereocenters. The summed E-state index contributed by atoms with van der Waals surface area (Å²) in [5.41, 5.74) is 7.74. The number of nitrogens with zero attached hydrogens (tertiary/aromatic N) is 2. The highest BCUT2D eigenvalue weighted by molar-refractivity contribution is 5.97. The van der Waals surface area contributed by atoms with Crippen molar-refractivity contribution in [2.45, 2.75) is 19.4 Å². The van der Waals surface area contributed by atoms with Gasteiger partial charge in [-0.3, -0.25) is 9.78 Å². The summed E-state index contributed by atoms with van der Waals surface area (Å²) >= 11 is 0. The van der Waals surface area contributed by atoms with Crippen molar-refractivity contribution in [3.05, 3.63) is 54.4 Å². The van der Waals surface area contributed by atoms with Gasteiger partial charge < -0.3 is 15.7 Å². The molecule has 21 heavy (non-hydrogen) atoms. The molecule has 0 aliphatic carbocycles. The van der Waals surface area contributed by atoms with E-state index in [0.29, 0.717) is 13.0 Å². The number of likely N-dealkylation sites (N-methyl/N-ethyl adjacent to an activating group) is 1. The van der Waals surface area contributed by atoms with Crippen LogP contribution in [-0.4, -0.2) is 28.6 Å². The van der Waals surface area contributed by atoms with E-state index in [4.69, 9.17) is 5.73 Å². The lowest BCUT2D eigenvalue weighted by Crippen LogP contribution is -2.45. The average Bonchev–Trinajstić information content (AvgIpc) is 2.51. The summed E-state index contributed by atoms with van der Waals surface area (Å²) in [6, 6.07) is 9.67. The molecule has 0 saturated carbocycles. The first-order valence-electron chi connectivity index (χ1n) is 6.86. The highest BCUT2D eigenvalue weighted by Gasteiger charge is 2.21. The number of carbonyl (C=O) groups excluding carboxylic acids is 1. The van der Waals surface area contributed by atoms with Crippen molar-refractivity contribution in [3.63, 3.8) is 0 Å². The summed E-state index contributed by atoms with van der Waals surface area (Å²) in [5, 5.41) is 9.26. The number of phenols is 1. The highest BCUT2D eigenvalue weighted by Crippen LogP contribution is 2.15. The van der Waals surface area contributed by atoms with Crippen molar-refractivity contribution in [1.82, 2.24) is 4.98 Å². The molecule has 0 saturated heterocycles. The summed E-state index contributed by atoms with van der Waals surface area (Å²) in [5.74, 6) is 0.0717. The third kappa shape index (κ3) is 3.79. The summed E-state index contributed by atoms with van der Waals surface area (Å²) in [6.07, 6.45) is 3.73. The van der Waals surface area contributed by atoms with E-state index in [1.807, 2.05) is 6.92 Å². The van der Waals surface area contributed by atoms with Crippen molar-refractivity contribution in [1.29, 1.82) is 0 Å². The van der Waals surface area contributed by atoms with E-state index in [1.165, 1.54) is 0 Å². The Bertz CT molecular complexity index is 584. The summed E-state index contributed by atoms with van der Waals surface area (Å²) in [4.78, 5) is 18.1. The first-order valence-corrected chi connectivity index (χ1v) is 6.86. The number of hydrogen-bond acceptors (Lipinski definition) is 4. The summed E-state index contributed by atoms with van der Waals surface area (Å²) < 4.78 is 0. The monoisotopic (exact) mass is 285 g/mol. The van der Waals surface area contributed by atoms with Gasteiger partial charge in [-0.1, -0.05) is 12.1 Å². The van der Waals surface area contributed by atoms with Crippen molar-refractivity contribution < 1.29 is 9.90 Å². The van der Waals surface area contributed by atoms with E-state index in [0.717, 1.165) is 11.3 Å². The molecule has 1 amide bonds. The third-order valence-electron chi connectivity index (χ3n) is 3.27. The summed E-state index contributed by atoms with van der Waals surface area (Å²) in [7, 11) is 0. The Morgan fingerprint density at radius 3 is 2.43 bits per heavy atom. The molecule has 0 aliphatic rings. The minimum atomic E-state index is -0.623. The van der Waals surface area contributed by atoms with E-state index in [-0.39, 0.29) is 11.7 Å². The lowest BCUT2D eigenvalue weighted by atomic mass is 10.1. The Morgan fingerprint density at radius 1 is 1.24 bits per heavy atom. The number of aromatic nitrogens is 1. The first kappa shape index (κ1) is 15.0. The van der Waals surface area contributed by atoms with Gasteiger partial charge in [0.1, 0.15) is 5.75 Å².